The Labute approximate surface area is 138 Å². The monoisotopic (exact) mass is 333 g/mol. The highest BCUT2D eigenvalue weighted by molar-refractivity contribution is 5.95. The number of aromatic amines is 1. The van der Waals surface area contributed by atoms with E-state index in [-0.39, 0.29) is 19.4 Å². The first kappa shape index (κ1) is 17.5. The van der Waals surface area contributed by atoms with Gasteiger partial charge in [0.15, 0.2) is 0 Å². The van der Waals surface area contributed by atoms with Crippen LogP contribution in [0, 0.1) is 0 Å². The Balaban J connectivity index is 2.33. The molecule has 1 aromatic carbocycles. The molecule has 0 aliphatic heterocycles. The molecule has 2 N–H and O–H groups in total. The first-order valence-corrected chi connectivity index (χ1v) is 7.53. The number of H-pyrrole nitrogens is 1. The van der Waals surface area contributed by atoms with Crippen LogP contribution in [0.25, 0.3) is 10.9 Å². The normalized spacial score (nSPS) is 11.9. The standard InChI is InChI=1S/C17H19NO6/c1-3-24-17(22)14-7-12-6-10(4-5-13(12)18-14)11(8-15(19)20)9-16(21)23-2/h4-7,11,18H,3,8-9H2,1-2H3,(H,19,20). The van der Waals surface area contributed by atoms with Crippen LogP contribution < -0.4 is 0 Å². The summed E-state index contributed by atoms with van der Waals surface area (Å²) < 4.78 is 9.58. The van der Waals surface area contributed by atoms with Gasteiger partial charge in [-0.3, -0.25) is 9.59 Å². The molecule has 0 spiro atoms. The number of fused-ring (bicyclic) bond motifs is 1. The van der Waals surface area contributed by atoms with Crippen LogP contribution in [-0.4, -0.2) is 41.7 Å². The third kappa shape index (κ3) is 4.13. The number of carbonyl (C=O) groups is 3. The summed E-state index contributed by atoms with van der Waals surface area (Å²) in [5.41, 5.74) is 1.76. The molecule has 128 valence electrons. The zero-order chi connectivity index (χ0) is 17.7. The van der Waals surface area contributed by atoms with Crippen molar-refractivity contribution in [2.45, 2.75) is 25.7 Å². The Kier molecular flexibility index (Phi) is 5.57. The summed E-state index contributed by atoms with van der Waals surface area (Å²) in [6.07, 6.45) is -0.209. The summed E-state index contributed by atoms with van der Waals surface area (Å²) >= 11 is 0. The first-order valence-electron chi connectivity index (χ1n) is 7.53. The van der Waals surface area contributed by atoms with Gasteiger partial charge in [-0.15, -0.1) is 0 Å². The van der Waals surface area contributed by atoms with Crippen molar-refractivity contribution in [3.05, 3.63) is 35.5 Å². The highest BCUT2D eigenvalue weighted by atomic mass is 16.5. The molecule has 0 radical (unpaired) electrons. The third-order valence-corrected chi connectivity index (χ3v) is 3.67. The highest BCUT2D eigenvalue weighted by Crippen LogP contribution is 2.28. The van der Waals surface area contributed by atoms with Gasteiger partial charge < -0.3 is 19.6 Å². The number of rotatable bonds is 7. The van der Waals surface area contributed by atoms with E-state index in [1.54, 1.807) is 31.2 Å². The van der Waals surface area contributed by atoms with E-state index < -0.39 is 23.8 Å². The molecular formula is C17H19NO6. The molecule has 1 aromatic heterocycles. The minimum absolute atomic E-state index is 0.0243. The van der Waals surface area contributed by atoms with E-state index in [9.17, 15) is 14.4 Å². The van der Waals surface area contributed by atoms with E-state index in [4.69, 9.17) is 9.84 Å². The fraction of sp³-hybridized carbons (Fsp3) is 0.353. The van der Waals surface area contributed by atoms with Gasteiger partial charge in [0.25, 0.3) is 0 Å². The summed E-state index contributed by atoms with van der Waals surface area (Å²) in [4.78, 5) is 37.3. The predicted molar refractivity (Wildman–Crippen MR) is 85.9 cm³/mol. The van der Waals surface area contributed by atoms with Crippen molar-refractivity contribution in [2.75, 3.05) is 13.7 Å². The molecule has 7 heteroatoms. The van der Waals surface area contributed by atoms with Crippen molar-refractivity contribution >= 4 is 28.8 Å². The zero-order valence-corrected chi connectivity index (χ0v) is 13.5. The van der Waals surface area contributed by atoms with Gasteiger partial charge in [-0.25, -0.2) is 4.79 Å². The number of methoxy groups -OCH3 is 1. The van der Waals surface area contributed by atoms with Crippen LogP contribution in [0.1, 0.15) is 41.7 Å². The lowest BCUT2D eigenvalue weighted by Gasteiger charge is -2.14. The lowest BCUT2D eigenvalue weighted by Crippen LogP contribution is -2.12. The van der Waals surface area contributed by atoms with Crippen LogP contribution in [0.2, 0.25) is 0 Å². The second kappa shape index (κ2) is 7.63. The molecule has 2 rings (SSSR count). The number of esters is 2. The Hall–Kier alpha value is -2.83. The van der Waals surface area contributed by atoms with E-state index in [0.29, 0.717) is 11.3 Å². The molecule has 1 unspecified atom stereocenters. The second-order valence-electron chi connectivity index (χ2n) is 5.33. The molecule has 0 aliphatic carbocycles. The van der Waals surface area contributed by atoms with E-state index >= 15 is 0 Å². The Morgan fingerprint density at radius 2 is 1.96 bits per heavy atom. The molecule has 0 amide bonds. The number of hydrogen-bond acceptors (Lipinski definition) is 5. The van der Waals surface area contributed by atoms with Crippen LogP contribution in [0.15, 0.2) is 24.3 Å². The molecule has 0 saturated heterocycles. The minimum atomic E-state index is -0.995. The van der Waals surface area contributed by atoms with Crippen molar-refractivity contribution < 1.29 is 29.0 Å². The Morgan fingerprint density at radius 1 is 1.21 bits per heavy atom. The molecule has 0 bridgehead atoms. The molecule has 24 heavy (non-hydrogen) atoms. The van der Waals surface area contributed by atoms with E-state index in [1.807, 2.05) is 0 Å². The maximum atomic E-state index is 11.8. The number of carboxylic acid groups (broad SMARTS) is 1. The average Bonchev–Trinajstić information content (AvgIpc) is 2.97. The summed E-state index contributed by atoms with van der Waals surface area (Å²) in [6, 6.07) is 6.90. The number of aromatic nitrogens is 1. The van der Waals surface area contributed by atoms with Crippen molar-refractivity contribution in [3.8, 4) is 0 Å². The number of carbonyl (C=O) groups excluding carboxylic acids is 2. The zero-order valence-electron chi connectivity index (χ0n) is 13.5. The fourth-order valence-electron chi connectivity index (χ4n) is 2.53. The third-order valence-electron chi connectivity index (χ3n) is 3.67. The SMILES string of the molecule is CCOC(=O)c1cc2cc(C(CC(=O)O)CC(=O)OC)ccc2[nH]1. The molecule has 1 atom stereocenters. The molecule has 0 aliphatic rings. The van der Waals surface area contributed by atoms with Gasteiger partial charge in [0.1, 0.15) is 5.69 Å². The Morgan fingerprint density at radius 3 is 2.58 bits per heavy atom. The van der Waals surface area contributed by atoms with E-state index in [2.05, 4.69) is 9.72 Å². The maximum Gasteiger partial charge on any atom is 0.354 e. The van der Waals surface area contributed by atoms with Crippen molar-refractivity contribution in [2.24, 2.45) is 0 Å². The topological polar surface area (TPSA) is 106 Å². The van der Waals surface area contributed by atoms with Gasteiger partial charge in [0.2, 0.25) is 0 Å². The molecule has 0 saturated carbocycles. The molecule has 7 nitrogen and oxygen atoms in total. The quantitative estimate of drug-likeness (QED) is 0.754. The predicted octanol–water partition coefficient (Wildman–Crippen LogP) is 2.47. The maximum absolute atomic E-state index is 11.8. The van der Waals surface area contributed by atoms with Gasteiger partial charge in [0.05, 0.1) is 26.6 Å². The van der Waals surface area contributed by atoms with Crippen molar-refractivity contribution in [1.29, 1.82) is 0 Å². The van der Waals surface area contributed by atoms with Gasteiger partial charge in [-0.05, 0) is 30.7 Å². The second-order valence-corrected chi connectivity index (χ2v) is 5.33. The average molecular weight is 333 g/mol. The van der Waals surface area contributed by atoms with Crippen LogP contribution in [0.3, 0.4) is 0 Å². The summed E-state index contributed by atoms with van der Waals surface area (Å²) in [7, 11) is 1.27. The van der Waals surface area contributed by atoms with Gasteiger partial charge in [-0.1, -0.05) is 6.07 Å². The Bertz CT molecular complexity index is 764. The van der Waals surface area contributed by atoms with Gasteiger partial charge in [-0.2, -0.15) is 0 Å². The van der Waals surface area contributed by atoms with Gasteiger partial charge in [0, 0.05) is 16.8 Å². The summed E-state index contributed by atoms with van der Waals surface area (Å²) in [5.74, 6) is -2.42. The summed E-state index contributed by atoms with van der Waals surface area (Å²) in [6.45, 7) is 2.00. The number of carboxylic acids is 1. The minimum Gasteiger partial charge on any atom is -0.481 e. The molecular weight excluding hydrogens is 314 g/mol. The fourth-order valence-corrected chi connectivity index (χ4v) is 2.53. The number of ether oxygens (including phenoxy) is 2. The van der Waals surface area contributed by atoms with Crippen LogP contribution >= 0.6 is 0 Å². The van der Waals surface area contributed by atoms with E-state index in [0.717, 1.165) is 10.9 Å². The van der Waals surface area contributed by atoms with Crippen molar-refractivity contribution in [1.82, 2.24) is 4.98 Å². The van der Waals surface area contributed by atoms with Crippen LogP contribution in [0.4, 0.5) is 0 Å². The number of hydrogen-bond donors (Lipinski definition) is 2. The number of benzene rings is 1. The number of aliphatic carboxylic acids is 1. The van der Waals surface area contributed by atoms with Crippen LogP contribution in [-0.2, 0) is 19.1 Å². The molecule has 0 fully saturated rings. The number of nitrogens with one attached hydrogen (secondary N) is 1. The van der Waals surface area contributed by atoms with Crippen LogP contribution in [0.5, 0.6) is 0 Å². The summed E-state index contributed by atoms with van der Waals surface area (Å²) in [5, 5.41) is 9.81. The molecule has 2 aromatic rings. The lowest BCUT2D eigenvalue weighted by atomic mass is 9.92. The molecule has 1 heterocycles. The van der Waals surface area contributed by atoms with Crippen molar-refractivity contribution in [3.63, 3.8) is 0 Å². The lowest BCUT2D eigenvalue weighted by molar-refractivity contribution is -0.141. The largest absolute Gasteiger partial charge is 0.481 e. The first-order chi connectivity index (χ1) is 11.4. The van der Waals surface area contributed by atoms with Gasteiger partial charge >= 0.3 is 17.9 Å². The van der Waals surface area contributed by atoms with E-state index in [1.165, 1.54) is 7.11 Å². The smallest absolute Gasteiger partial charge is 0.354 e. The highest BCUT2D eigenvalue weighted by Gasteiger charge is 2.21.